The number of hydrazine groups is 1. The molecule has 0 spiro atoms. The molecule has 2 N–H and O–H groups in total. The third-order valence-corrected chi connectivity index (χ3v) is 5.81. The second kappa shape index (κ2) is 10.5. The molecular weight excluding hydrogens is 423 g/mol. The highest BCUT2D eigenvalue weighted by Gasteiger charge is 2.39. The number of halogens is 1. The van der Waals surface area contributed by atoms with Crippen molar-refractivity contribution in [2.45, 2.75) is 44.8 Å². The van der Waals surface area contributed by atoms with Crippen molar-refractivity contribution in [3.8, 4) is 5.75 Å². The smallest absolute Gasteiger partial charge is 0.250 e. The molecule has 2 aromatic carbocycles. The van der Waals surface area contributed by atoms with E-state index in [0.29, 0.717) is 26.1 Å². The van der Waals surface area contributed by atoms with E-state index < -0.39 is 0 Å². The van der Waals surface area contributed by atoms with Gasteiger partial charge in [-0.05, 0) is 48.2 Å². The lowest BCUT2D eigenvalue weighted by atomic mass is 10.0. The molecule has 0 aromatic heterocycles. The van der Waals surface area contributed by atoms with Gasteiger partial charge in [0, 0.05) is 31.9 Å². The van der Waals surface area contributed by atoms with Gasteiger partial charge in [0.25, 0.3) is 5.91 Å². The molecule has 0 aliphatic carbocycles. The molecule has 0 bridgehead atoms. The SMILES string of the molecule is CCCOc1ccc(CNC(=O)CCN2C=CN3NC(c4ccc(F)cc4)CC3C2=O)cc1. The number of amides is 2. The van der Waals surface area contributed by atoms with Crippen LogP contribution in [0, 0.1) is 5.82 Å². The van der Waals surface area contributed by atoms with Crippen LogP contribution in [0.25, 0.3) is 0 Å². The Labute approximate surface area is 193 Å². The van der Waals surface area contributed by atoms with Gasteiger partial charge in [-0.25, -0.2) is 9.82 Å². The van der Waals surface area contributed by atoms with Gasteiger partial charge in [-0.15, -0.1) is 0 Å². The summed E-state index contributed by atoms with van der Waals surface area (Å²) in [7, 11) is 0. The van der Waals surface area contributed by atoms with Crippen LogP contribution in [0.5, 0.6) is 5.75 Å². The average molecular weight is 453 g/mol. The molecule has 1 saturated heterocycles. The summed E-state index contributed by atoms with van der Waals surface area (Å²) in [6, 6.07) is 13.6. The summed E-state index contributed by atoms with van der Waals surface area (Å²) in [6.45, 7) is 3.48. The Morgan fingerprint density at radius 1 is 1.15 bits per heavy atom. The number of carbonyl (C=O) groups excluding carboxylic acids is 2. The highest BCUT2D eigenvalue weighted by atomic mass is 19.1. The molecule has 2 aliphatic heterocycles. The highest BCUT2D eigenvalue weighted by molar-refractivity contribution is 5.85. The Morgan fingerprint density at radius 2 is 1.91 bits per heavy atom. The summed E-state index contributed by atoms with van der Waals surface area (Å²) in [5.74, 6) is 0.371. The first-order chi connectivity index (χ1) is 16.0. The van der Waals surface area contributed by atoms with Crippen LogP contribution in [0.15, 0.2) is 60.9 Å². The van der Waals surface area contributed by atoms with Crippen LogP contribution in [0.3, 0.4) is 0 Å². The third kappa shape index (κ3) is 5.70. The van der Waals surface area contributed by atoms with Crippen molar-refractivity contribution in [3.05, 3.63) is 77.9 Å². The molecule has 1 fully saturated rings. The number of ether oxygens (including phenoxy) is 1. The summed E-state index contributed by atoms with van der Waals surface area (Å²) < 4.78 is 18.8. The van der Waals surface area contributed by atoms with Crippen LogP contribution in [0.2, 0.25) is 0 Å². The standard InChI is InChI=1S/C25H29FN4O3/c1-2-15-33-21-9-3-18(4-10-21)17-27-24(31)11-12-29-13-14-30-23(25(29)32)16-22(28-30)19-5-7-20(26)8-6-19/h3-10,13-14,22-23,28H,2,11-12,15-17H2,1H3,(H,27,31). The second-order valence-electron chi connectivity index (χ2n) is 8.24. The van der Waals surface area contributed by atoms with E-state index in [4.69, 9.17) is 4.74 Å². The molecule has 2 amide bonds. The first-order valence-corrected chi connectivity index (χ1v) is 11.3. The van der Waals surface area contributed by atoms with Gasteiger partial charge in [-0.1, -0.05) is 31.2 Å². The van der Waals surface area contributed by atoms with Gasteiger partial charge in [-0.2, -0.15) is 0 Å². The molecule has 0 radical (unpaired) electrons. The topological polar surface area (TPSA) is 73.9 Å². The van der Waals surface area contributed by atoms with Gasteiger partial charge in [0.15, 0.2) is 0 Å². The van der Waals surface area contributed by atoms with E-state index in [9.17, 15) is 14.0 Å². The van der Waals surface area contributed by atoms with Crippen LogP contribution < -0.4 is 15.5 Å². The predicted molar refractivity (Wildman–Crippen MR) is 122 cm³/mol. The molecular formula is C25H29FN4O3. The van der Waals surface area contributed by atoms with Crippen LogP contribution >= 0.6 is 0 Å². The van der Waals surface area contributed by atoms with Gasteiger partial charge in [0.2, 0.25) is 5.91 Å². The van der Waals surface area contributed by atoms with Crippen LogP contribution in [-0.4, -0.2) is 40.9 Å². The average Bonchev–Trinajstić information content (AvgIpc) is 3.27. The molecule has 33 heavy (non-hydrogen) atoms. The van der Waals surface area contributed by atoms with E-state index in [1.54, 1.807) is 28.2 Å². The number of carbonyl (C=O) groups is 2. The van der Waals surface area contributed by atoms with Gasteiger partial charge in [-0.3, -0.25) is 9.59 Å². The number of rotatable bonds is 9. The summed E-state index contributed by atoms with van der Waals surface area (Å²) >= 11 is 0. The largest absolute Gasteiger partial charge is 0.494 e. The molecule has 2 atom stereocenters. The van der Waals surface area contributed by atoms with E-state index in [1.807, 2.05) is 30.5 Å². The Balaban J connectivity index is 1.23. The minimum atomic E-state index is -0.346. The van der Waals surface area contributed by atoms with Crippen molar-refractivity contribution in [2.75, 3.05) is 13.2 Å². The molecule has 174 valence electrons. The second-order valence-corrected chi connectivity index (χ2v) is 8.24. The summed E-state index contributed by atoms with van der Waals surface area (Å²) in [4.78, 5) is 26.8. The summed E-state index contributed by atoms with van der Waals surface area (Å²) in [5.41, 5.74) is 5.21. The number of nitrogens with one attached hydrogen (secondary N) is 2. The third-order valence-electron chi connectivity index (χ3n) is 5.81. The number of nitrogens with zero attached hydrogens (tertiary/aromatic N) is 2. The van der Waals surface area contributed by atoms with Crippen molar-refractivity contribution in [3.63, 3.8) is 0 Å². The van der Waals surface area contributed by atoms with E-state index in [-0.39, 0.29) is 36.1 Å². The zero-order valence-corrected chi connectivity index (χ0v) is 18.7. The van der Waals surface area contributed by atoms with Crippen molar-refractivity contribution in [2.24, 2.45) is 0 Å². The van der Waals surface area contributed by atoms with Crippen LogP contribution in [0.1, 0.15) is 43.4 Å². The van der Waals surface area contributed by atoms with E-state index in [2.05, 4.69) is 17.7 Å². The van der Waals surface area contributed by atoms with Gasteiger partial charge >= 0.3 is 0 Å². The number of hydrogen-bond donors (Lipinski definition) is 2. The monoisotopic (exact) mass is 452 g/mol. The zero-order chi connectivity index (χ0) is 23.2. The highest BCUT2D eigenvalue weighted by Crippen LogP contribution is 2.30. The molecule has 4 rings (SSSR count). The van der Waals surface area contributed by atoms with Gasteiger partial charge in [0.05, 0.1) is 12.6 Å². The molecule has 0 saturated carbocycles. The first kappa shape index (κ1) is 22.8. The fourth-order valence-electron chi connectivity index (χ4n) is 3.97. The molecule has 2 unspecified atom stereocenters. The molecule has 8 heteroatoms. The summed E-state index contributed by atoms with van der Waals surface area (Å²) in [6.07, 6.45) is 5.26. The van der Waals surface area contributed by atoms with E-state index >= 15 is 0 Å². The minimum Gasteiger partial charge on any atom is -0.494 e. The Bertz CT molecular complexity index is 994. The lowest BCUT2D eigenvalue weighted by molar-refractivity contribution is -0.134. The van der Waals surface area contributed by atoms with Crippen LogP contribution in [0.4, 0.5) is 4.39 Å². The normalized spacial score (nSPS) is 19.5. The van der Waals surface area contributed by atoms with Gasteiger partial charge < -0.3 is 20.0 Å². The quantitative estimate of drug-likeness (QED) is 0.611. The van der Waals surface area contributed by atoms with Crippen LogP contribution in [-0.2, 0) is 16.1 Å². The molecule has 2 aliphatic rings. The Morgan fingerprint density at radius 3 is 2.64 bits per heavy atom. The fraction of sp³-hybridized carbons (Fsp3) is 0.360. The summed E-state index contributed by atoms with van der Waals surface area (Å²) in [5, 5.41) is 4.69. The maximum atomic E-state index is 13.2. The molecule has 7 nitrogen and oxygen atoms in total. The Kier molecular flexibility index (Phi) is 7.24. The molecule has 2 aromatic rings. The maximum absolute atomic E-state index is 13.2. The van der Waals surface area contributed by atoms with E-state index in [1.165, 1.54) is 12.1 Å². The van der Waals surface area contributed by atoms with Crippen molar-refractivity contribution in [1.29, 1.82) is 0 Å². The number of hydrogen-bond acceptors (Lipinski definition) is 5. The van der Waals surface area contributed by atoms with E-state index in [0.717, 1.165) is 23.3 Å². The van der Waals surface area contributed by atoms with Gasteiger partial charge in [0.1, 0.15) is 17.6 Å². The maximum Gasteiger partial charge on any atom is 0.250 e. The molecule has 2 heterocycles. The van der Waals surface area contributed by atoms with Crippen molar-refractivity contribution in [1.82, 2.24) is 20.7 Å². The fourth-order valence-corrected chi connectivity index (χ4v) is 3.97. The first-order valence-electron chi connectivity index (χ1n) is 11.3. The lowest BCUT2D eigenvalue weighted by Gasteiger charge is -2.31. The zero-order valence-electron chi connectivity index (χ0n) is 18.7. The minimum absolute atomic E-state index is 0.0509. The number of benzene rings is 2. The lowest BCUT2D eigenvalue weighted by Crippen LogP contribution is -2.48. The number of fused-ring (bicyclic) bond motifs is 1. The van der Waals surface area contributed by atoms with Crippen molar-refractivity contribution >= 4 is 11.8 Å². The van der Waals surface area contributed by atoms with Crippen molar-refractivity contribution < 1.29 is 18.7 Å². The predicted octanol–water partition coefficient (Wildman–Crippen LogP) is 3.25. The Hall–Kier alpha value is -3.39.